The number of nitrogens with one attached hydrogen (secondary N) is 1. The minimum atomic E-state index is -0.761. The van der Waals surface area contributed by atoms with Gasteiger partial charge >= 0.3 is 5.97 Å². The molecule has 0 heterocycles. The normalized spacial score (nSPS) is 12.3. The van der Waals surface area contributed by atoms with Gasteiger partial charge in [0, 0.05) is 0 Å². The predicted molar refractivity (Wildman–Crippen MR) is 137 cm³/mol. The van der Waals surface area contributed by atoms with Crippen LogP contribution in [0.4, 0.5) is 0 Å². The van der Waals surface area contributed by atoms with Gasteiger partial charge < -0.3 is 10.4 Å². The second kappa shape index (κ2) is 16.7. The topological polar surface area (TPSA) is 49.3 Å². The Morgan fingerprint density at radius 2 is 1.28 bits per heavy atom. The lowest BCUT2D eigenvalue weighted by Gasteiger charge is -2.15. The highest BCUT2D eigenvalue weighted by Gasteiger charge is 2.17. The Morgan fingerprint density at radius 3 is 1.84 bits per heavy atom. The van der Waals surface area contributed by atoms with Crippen LogP contribution in [0, 0.1) is 0 Å². The zero-order valence-corrected chi connectivity index (χ0v) is 20.3. The summed E-state index contributed by atoms with van der Waals surface area (Å²) in [5.41, 5.74) is 1.07. The van der Waals surface area contributed by atoms with E-state index in [1.54, 1.807) is 0 Å². The molecule has 2 rings (SSSR count). The van der Waals surface area contributed by atoms with Crippen LogP contribution in [0.2, 0.25) is 0 Å². The highest BCUT2D eigenvalue weighted by molar-refractivity contribution is 5.83. The lowest BCUT2D eigenvalue weighted by Crippen LogP contribution is -2.39. The van der Waals surface area contributed by atoms with Gasteiger partial charge in [-0.05, 0) is 35.7 Å². The summed E-state index contributed by atoms with van der Waals surface area (Å²) in [4.78, 5) is 11.7. The summed E-state index contributed by atoms with van der Waals surface area (Å²) < 4.78 is 0. The number of rotatable bonds is 19. The second-order valence-corrected chi connectivity index (χ2v) is 9.33. The number of aliphatic carboxylic acids is 1. The largest absolute Gasteiger partial charge is 0.480 e. The molecule has 0 aromatic heterocycles. The summed E-state index contributed by atoms with van der Waals surface area (Å²) in [5, 5.41) is 15.2. The average Bonchev–Trinajstić information content (AvgIpc) is 2.80. The van der Waals surface area contributed by atoms with E-state index in [-0.39, 0.29) is 0 Å². The van der Waals surface area contributed by atoms with Gasteiger partial charge in [-0.1, -0.05) is 133 Å². The van der Waals surface area contributed by atoms with E-state index in [1.165, 1.54) is 94.2 Å². The van der Waals surface area contributed by atoms with Crippen molar-refractivity contribution in [1.82, 2.24) is 5.32 Å². The number of carboxylic acids is 1. The minimum absolute atomic E-state index is 0.516. The Hall–Kier alpha value is -1.87. The van der Waals surface area contributed by atoms with Crippen molar-refractivity contribution in [2.75, 3.05) is 6.54 Å². The molecule has 2 N–H and O–H groups in total. The summed E-state index contributed by atoms with van der Waals surface area (Å²) in [5.74, 6) is -0.761. The van der Waals surface area contributed by atoms with Crippen LogP contribution in [-0.2, 0) is 11.2 Å². The summed E-state index contributed by atoms with van der Waals surface area (Å²) >= 11 is 0. The average molecular weight is 440 g/mol. The fraction of sp³-hybridized carbons (Fsp3) is 0.621. The van der Waals surface area contributed by atoms with E-state index in [0.29, 0.717) is 6.42 Å². The van der Waals surface area contributed by atoms with Crippen LogP contribution in [0.15, 0.2) is 42.5 Å². The van der Waals surface area contributed by atoms with Crippen molar-refractivity contribution < 1.29 is 9.90 Å². The Kier molecular flexibility index (Phi) is 13.8. The van der Waals surface area contributed by atoms with Crippen molar-refractivity contribution in [3.05, 3.63) is 48.0 Å². The Labute approximate surface area is 196 Å². The molecule has 0 saturated carbocycles. The van der Waals surface area contributed by atoms with Crippen LogP contribution in [0.5, 0.6) is 0 Å². The molecule has 0 unspecified atom stereocenters. The molecule has 0 aliphatic heterocycles. The molecule has 0 radical (unpaired) electrons. The predicted octanol–water partition coefficient (Wildman–Crippen LogP) is 7.91. The zero-order valence-electron chi connectivity index (χ0n) is 20.3. The quantitative estimate of drug-likeness (QED) is 0.219. The van der Waals surface area contributed by atoms with Crippen LogP contribution in [0.25, 0.3) is 10.8 Å². The van der Waals surface area contributed by atoms with E-state index in [1.807, 2.05) is 18.2 Å². The van der Waals surface area contributed by atoms with Gasteiger partial charge in [0.2, 0.25) is 0 Å². The standard InChI is InChI=1S/C29H45NO2/c1-2-3-4-5-6-7-8-9-10-11-12-13-14-17-22-30-28(29(31)32)24-25-20-21-26-18-15-16-19-27(26)23-25/h15-16,18-21,23,28,30H,2-14,17,22,24H2,1H3,(H,31,32)/t28-/m0/s1. The van der Waals surface area contributed by atoms with Crippen LogP contribution < -0.4 is 5.32 Å². The Balaban J connectivity index is 1.49. The van der Waals surface area contributed by atoms with E-state index in [4.69, 9.17) is 0 Å². The van der Waals surface area contributed by atoms with Gasteiger partial charge in [-0.2, -0.15) is 0 Å². The first-order chi connectivity index (χ1) is 15.7. The minimum Gasteiger partial charge on any atom is -0.480 e. The van der Waals surface area contributed by atoms with Crippen LogP contribution in [0.3, 0.4) is 0 Å². The van der Waals surface area contributed by atoms with E-state index in [0.717, 1.165) is 18.5 Å². The van der Waals surface area contributed by atoms with Gasteiger partial charge in [0.25, 0.3) is 0 Å². The van der Waals surface area contributed by atoms with Crippen molar-refractivity contribution in [3.63, 3.8) is 0 Å². The van der Waals surface area contributed by atoms with Gasteiger partial charge in [-0.3, -0.25) is 4.79 Å². The molecule has 0 bridgehead atoms. The molecule has 32 heavy (non-hydrogen) atoms. The maximum absolute atomic E-state index is 11.7. The van der Waals surface area contributed by atoms with Crippen molar-refractivity contribution in [1.29, 1.82) is 0 Å². The summed E-state index contributed by atoms with van der Waals surface area (Å²) in [7, 11) is 0. The molecule has 0 saturated heterocycles. The van der Waals surface area contributed by atoms with Gasteiger partial charge in [0.05, 0.1) is 0 Å². The van der Waals surface area contributed by atoms with E-state index in [2.05, 4.69) is 36.5 Å². The maximum atomic E-state index is 11.7. The molecule has 0 spiro atoms. The van der Waals surface area contributed by atoms with Crippen molar-refractivity contribution in [3.8, 4) is 0 Å². The monoisotopic (exact) mass is 439 g/mol. The number of fused-ring (bicyclic) bond motifs is 1. The first-order valence-electron chi connectivity index (χ1n) is 13.1. The molecular weight excluding hydrogens is 394 g/mol. The molecule has 0 aliphatic rings. The van der Waals surface area contributed by atoms with Gasteiger partial charge in [0.15, 0.2) is 0 Å². The van der Waals surface area contributed by atoms with Gasteiger partial charge in [-0.25, -0.2) is 0 Å². The lowest BCUT2D eigenvalue weighted by atomic mass is 10.0. The third-order valence-electron chi connectivity index (χ3n) is 6.47. The fourth-order valence-electron chi connectivity index (χ4n) is 4.44. The van der Waals surface area contributed by atoms with Crippen molar-refractivity contribution in [2.24, 2.45) is 0 Å². The highest BCUT2D eigenvalue weighted by Crippen LogP contribution is 2.17. The number of hydrogen-bond donors (Lipinski definition) is 2. The maximum Gasteiger partial charge on any atom is 0.321 e. The lowest BCUT2D eigenvalue weighted by molar-refractivity contribution is -0.139. The number of benzene rings is 2. The summed E-state index contributed by atoms with van der Waals surface area (Å²) in [6.45, 7) is 3.05. The molecule has 178 valence electrons. The van der Waals surface area contributed by atoms with Crippen LogP contribution in [0.1, 0.15) is 102 Å². The van der Waals surface area contributed by atoms with Crippen LogP contribution >= 0.6 is 0 Å². The third kappa shape index (κ3) is 11.1. The molecule has 3 heteroatoms. The molecule has 0 amide bonds. The molecule has 2 aromatic carbocycles. The fourth-order valence-corrected chi connectivity index (χ4v) is 4.44. The molecule has 0 fully saturated rings. The zero-order chi connectivity index (χ0) is 22.9. The first-order valence-corrected chi connectivity index (χ1v) is 13.1. The number of carboxylic acid groups (broad SMARTS) is 1. The number of hydrogen-bond acceptors (Lipinski definition) is 2. The Morgan fingerprint density at radius 1 is 0.750 bits per heavy atom. The van der Waals surface area contributed by atoms with E-state index >= 15 is 0 Å². The van der Waals surface area contributed by atoms with Crippen molar-refractivity contribution in [2.45, 2.75) is 109 Å². The third-order valence-corrected chi connectivity index (χ3v) is 6.47. The second-order valence-electron chi connectivity index (χ2n) is 9.33. The van der Waals surface area contributed by atoms with E-state index < -0.39 is 12.0 Å². The number of unbranched alkanes of at least 4 members (excludes halogenated alkanes) is 13. The van der Waals surface area contributed by atoms with E-state index in [9.17, 15) is 9.90 Å². The Bertz CT molecular complexity index is 758. The molecular formula is C29H45NO2. The molecule has 3 nitrogen and oxygen atoms in total. The summed E-state index contributed by atoms with van der Waals surface area (Å²) in [6, 6.07) is 13.9. The SMILES string of the molecule is CCCCCCCCCCCCCCCCN[C@@H](Cc1ccc2ccccc2c1)C(=O)O. The smallest absolute Gasteiger partial charge is 0.321 e. The van der Waals surface area contributed by atoms with Crippen LogP contribution in [-0.4, -0.2) is 23.7 Å². The molecule has 0 aliphatic carbocycles. The first kappa shape index (κ1) is 26.4. The van der Waals surface area contributed by atoms with Crippen molar-refractivity contribution >= 4 is 16.7 Å². The molecule has 1 atom stereocenters. The number of carbonyl (C=O) groups is 1. The van der Waals surface area contributed by atoms with Gasteiger partial charge in [0.1, 0.15) is 6.04 Å². The summed E-state index contributed by atoms with van der Waals surface area (Å²) in [6.07, 6.45) is 19.3. The van der Waals surface area contributed by atoms with Gasteiger partial charge in [-0.15, -0.1) is 0 Å². The molecule has 2 aromatic rings. The highest BCUT2D eigenvalue weighted by atomic mass is 16.4.